The third-order valence-electron chi connectivity index (χ3n) is 3.01. The number of benzene rings is 1. The van der Waals surface area contributed by atoms with E-state index in [-0.39, 0.29) is 0 Å². The number of aromatic nitrogens is 2. The quantitative estimate of drug-likeness (QED) is 0.865. The van der Waals surface area contributed by atoms with E-state index < -0.39 is 11.5 Å². The van der Waals surface area contributed by atoms with Gasteiger partial charge < -0.3 is 15.2 Å². The van der Waals surface area contributed by atoms with Crippen molar-refractivity contribution in [3.8, 4) is 5.88 Å². The Labute approximate surface area is 116 Å². The van der Waals surface area contributed by atoms with E-state index in [4.69, 9.17) is 4.74 Å². The number of ether oxygens (including phenoxy) is 1. The topological polar surface area (TPSA) is 84.3 Å². The standard InChI is InChI=1S/C14H15N3O3/c1-14(13(18)19,10-6-4-3-5-7-10)17-11-8-12(20-2)16-9-15-11/h3-9H,1-2H3,(H,18,19)(H,15,16,17). The summed E-state index contributed by atoms with van der Waals surface area (Å²) in [5.74, 6) is -0.254. The Bertz CT molecular complexity index is 604. The number of carbonyl (C=O) groups is 1. The highest BCUT2D eigenvalue weighted by molar-refractivity contribution is 5.83. The lowest BCUT2D eigenvalue weighted by Gasteiger charge is -2.27. The van der Waals surface area contributed by atoms with Crippen molar-refractivity contribution < 1.29 is 14.6 Å². The number of carboxylic acid groups (broad SMARTS) is 1. The van der Waals surface area contributed by atoms with Crippen LogP contribution in [0, 0.1) is 0 Å². The van der Waals surface area contributed by atoms with E-state index in [0.29, 0.717) is 17.3 Å². The molecule has 1 aromatic carbocycles. The van der Waals surface area contributed by atoms with Gasteiger partial charge in [0.05, 0.1) is 7.11 Å². The van der Waals surface area contributed by atoms with Crippen LogP contribution in [0.5, 0.6) is 5.88 Å². The molecule has 0 aliphatic heterocycles. The summed E-state index contributed by atoms with van der Waals surface area (Å²) < 4.78 is 5.00. The van der Waals surface area contributed by atoms with Crippen molar-refractivity contribution in [2.75, 3.05) is 12.4 Å². The van der Waals surface area contributed by atoms with E-state index in [9.17, 15) is 9.90 Å². The minimum absolute atomic E-state index is 0.364. The minimum atomic E-state index is -1.29. The summed E-state index contributed by atoms with van der Waals surface area (Å²) >= 11 is 0. The highest BCUT2D eigenvalue weighted by Gasteiger charge is 2.35. The van der Waals surface area contributed by atoms with Gasteiger partial charge in [-0.1, -0.05) is 30.3 Å². The Morgan fingerprint density at radius 1 is 1.30 bits per heavy atom. The maximum absolute atomic E-state index is 11.6. The van der Waals surface area contributed by atoms with E-state index in [0.717, 1.165) is 0 Å². The van der Waals surface area contributed by atoms with Gasteiger partial charge in [0.1, 0.15) is 12.1 Å². The fourth-order valence-electron chi connectivity index (χ4n) is 1.80. The molecule has 2 rings (SSSR count). The van der Waals surface area contributed by atoms with E-state index in [1.807, 2.05) is 6.07 Å². The van der Waals surface area contributed by atoms with Crippen LogP contribution in [0.3, 0.4) is 0 Å². The molecule has 2 aromatic rings. The zero-order chi connectivity index (χ0) is 14.6. The van der Waals surface area contributed by atoms with Crippen LogP contribution in [0.25, 0.3) is 0 Å². The molecular formula is C14H15N3O3. The molecule has 0 saturated heterocycles. The minimum Gasteiger partial charge on any atom is -0.481 e. The second-order valence-electron chi connectivity index (χ2n) is 4.37. The van der Waals surface area contributed by atoms with Gasteiger partial charge in [0.2, 0.25) is 5.88 Å². The van der Waals surface area contributed by atoms with Crippen molar-refractivity contribution in [1.82, 2.24) is 9.97 Å². The van der Waals surface area contributed by atoms with Gasteiger partial charge in [-0.2, -0.15) is 0 Å². The first kappa shape index (κ1) is 13.8. The number of hydrogen-bond donors (Lipinski definition) is 2. The maximum atomic E-state index is 11.6. The lowest BCUT2D eigenvalue weighted by atomic mass is 9.92. The highest BCUT2D eigenvalue weighted by atomic mass is 16.5. The molecule has 0 saturated carbocycles. The molecule has 20 heavy (non-hydrogen) atoms. The van der Waals surface area contributed by atoms with E-state index >= 15 is 0 Å². The van der Waals surface area contributed by atoms with Gasteiger partial charge in [0.25, 0.3) is 0 Å². The number of hydrogen-bond acceptors (Lipinski definition) is 5. The number of anilines is 1. The molecule has 104 valence electrons. The zero-order valence-electron chi connectivity index (χ0n) is 11.2. The van der Waals surface area contributed by atoms with Gasteiger partial charge in [-0.05, 0) is 12.5 Å². The van der Waals surface area contributed by atoms with E-state index in [2.05, 4.69) is 15.3 Å². The molecule has 0 amide bonds. The number of methoxy groups -OCH3 is 1. The van der Waals surface area contributed by atoms with E-state index in [1.165, 1.54) is 13.4 Å². The molecule has 0 aliphatic carbocycles. The van der Waals surface area contributed by atoms with Gasteiger partial charge in [-0.3, -0.25) is 0 Å². The first-order chi connectivity index (χ1) is 9.56. The zero-order valence-corrected chi connectivity index (χ0v) is 11.2. The van der Waals surface area contributed by atoms with Gasteiger partial charge in [-0.25, -0.2) is 14.8 Å². The number of nitrogens with zero attached hydrogens (tertiary/aromatic N) is 2. The highest BCUT2D eigenvalue weighted by Crippen LogP contribution is 2.26. The third kappa shape index (κ3) is 2.69. The summed E-state index contributed by atoms with van der Waals surface area (Å²) in [6, 6.07) is 10.5. The van der Waals surface area contributed by atoms with Gasteiger partial charge in [-0.15, -0.1) is 0 Å². The van der Waals surface area contributed by atoms with Crippen LogP contribution in [0.2, 0.25) is 0 Å². The van der Waals surface area contributed by atoms with Crippen molar-refractivity contribution in [1.29, 1.82) is 0 Å². The fraction of sp³-hybridized carbons (Fsp3) is 0.214. The maximum Gasteiger partial charge on any atom is 0.333 e. The van der Waals surface area contributed by atoms with Crippen LogP contribution in [0.4, 0.5) is 5.82 Å². The Morgan fingerprint density at radius 3 is 2.60 bits per heavy atom. The van der Waals surface area contributed by atoms with Crippen LogP contribution in [-0.4, -0.2) is 28.2 Å². The van der Waals surface area contributed by atoms with E-state index in [1.54, 1.807) is 37.3 Å². The van der Waals surface area contributed by atoms with Crippen molar-refractivity contribution in [3.05, 3.63) is 48.3 Å². The van der Waals surface area contributed by atoms with Gasteiger partial charge in [0, 0.05) is 6.07 Å². The molecule has 0 spiro atoms. The first-order valence-corrected chi connectivity index (χ1v) is 5.99. The molecule has 2 N–H and O–H groups in total. The summed E-state index contributed by atoms with van der Waals surface area (Å²) in [4.78, 5) is 19.5. The van der Waals surface area contributed by atoms with Gasteiger partial charge >= 0.3 is 5.97 Å². The molecule has 6 heteroatoms. The molecule has 0 bridgehead atoms. The monoisotopic (exact) mass is 273 g/mol. The summed E-state index contributed by atoms with van der Waals surface area (Å²) in [5, 5.41) is 12.5. The predicted octanol–water partition coefficient (Wildman–Crippen LogP) is 1.90. The number of nitrogens with one attached hydrogen (secondary N) is 1. The van der Waals surface area contributed by atoms with Crippen LogP contribution in [-0.2, 0) is 10.3 Å². The number of rotatable bonds is 5. The molecule has 0 fully saturated rings. The summed E-state index contributed by atoms with van der Waals surface area (Å²) in [6.07, 6.45) is 1.31. The second-order valence-corrected chi connectivity index (χ2v) is 4.37. The first-order valence-electron chi connectivity index (χ1n) is 5.99. The predicted molar refractivity (Wildman–Crippen MR) is 73.6 cm³/mol. The Morgan fingerprint density at radius 2 is 2.00 bits per heavy atom. The lowest BCUT2D eigenvalue weighted by molar-refractivity contribution is -0.142. The summed E-state index contributed by atoms with van der Waals surface area (Å²) in [7, 11) is 1.49. The Hall–Kier alpha value is -2.63. The molecule has 0 radical (unpaired) electrons. The molecule has 6 nitrogen and oxygen atoms in total. The van der Waals surface area contributed by atoms with Crippen LogP contribution in [0.1, 0.15) is 12.5 Å². The number of aliphatic carboxylic acids is 1. The third-order valence-corrected chi connectivity index (χ3v) is 3.01. The lowest BCUT2D eigenvalue weighted by Crippen LogP contribution is -2.40. The summed E-state index contributed by atoms with van der Waals surface area (Å²) in [5.41, 5.74) is -0.661. The summed E-state index contributed by atoms with van der Waals surface area (Å²) in [6.45, 7) is 1.58. The molecular weight excluding hydrogens is 258 g/mol. The van der Waals surface area contributed by atoms with Crippen molar-refractivity contribution in [3.63, 3.8) is 0 Å². The molecule has 0 aliphatic rings. The molecule has 1 atom stereocenters. The fourth-order valence-corrected chi connectivity index (χ4v) is 1.80. The molecule has 1 aromatic heterocycles. The second kappa shape index (κ2) is 5.56. The average molecular weight is 273 g/mol. The smallest absolute Gasteiger partial charge is 0.333 e. The Kier molecular flexibility index (Phi) is 3.84. The molecule has 1 heterocycles. The van der Waals surface area contributed by atoms with Crippen LogP contribution in [0.15, 0.2) is 42.7 Å². The average Bonchev–Trinajstić information content (AvgIpc) is 2.48. The van der Waals surface area contributed by atoms with Crippen LogP contribution >= 0.6 is 0 Å². The van der Waals surface area contributed by atoms with Crippen molar-refractivity contribution >= 4 is 11.8 Å². The van der Waals surface area contributed by atoms with Crippen molar-refractivity contribution in [2.24, 2.45) is 0 Å². The SMILES string of the molecule is COc1cc(NC(C)(C(=O)O)c2ccccc2)ncn1. The Balaban J connectivity index is 2.37. The van der Waals surface area contributed by atoms with Crippen LogP contribution < -0.4 is 10.1 Å². The largest absolute Gasteiger partial charge is 0.481 e. The number of carboxylic acids is 1. The molecule has 1 unspecified atom stereocenters. The van der Waals surface area contributed by atoms with Gasteiger partial charge in [0.15, 0.2) is 5.54 Å². The normalized spacial score (nSPS) is 13.3. The van der Waals surface area contributed by atoms with Crippen molar-refractivity contribution in [2.45, 2.75) is 12.5 Å².